The first kappa shape index (κ1) is 20.5. The molecule has 3 rings (SSSR count). The van der Waals surface area contributed by atoms with E-state index in [2.05, 4.69) is 20.1 Å². The lowest BCUT2D eigenvalue weighted by molar-refractivity contribution is -0.176. The van der Waals surface area contributed by atoms with Gasteiger partial charge in [-0.25, -0.2) is 9.67 Å². The lowest BCUT2D eigenvalue weighted by atomic mass is 10.1. The van der Waals surface area contributed by atoms with Crippen LogP contribution >= 0.6 is 0 Å². The molecule has 0 atom stereocenters. The van der Waals surface area contributed by atoms with E-state index in [0.29, 0.717) is 24.2 Å². The van der Waals surface area contributed by atoms with Crippen LogP contribution in [-0.4, -0.2) is 33.5 Å². The van der Waals surface area contributed by atoms with Gasteiger partial charge in [0.15, 0.2) is 0 Å². The average Bonchev–Trinajstić information content (AvgIpc) is 3.20. The van der Waals surface area contributed by atoms with Crippen molar-refractivity contribution in [1.29, 1.82) is 0 Å². The van der Waals surface area contributed by atoms with Gasteiger partial charge < -0.3 is 10.1 Å². The van der Waals surface area contributed by atoms with Crippen LogP contribution in [0, 0.1) is 0 Å². The highest BCUT2D eigenvalue weighted by molar-refractivity contribution is 5.94. The summed E-state index contributed by atoms with van der Waals surface area (Å²) in [5.41, 5.74) is 2.99. The average molecular weight is 404 g/mol. The van der Waals surface area contributed by atoms with E-state index in [0.717, 1.165) is 11.1 Å². The Morgan fingerprint density at radius 2 is 1.66 bits per heavy atom. The second-order valence-corrected chi connectivity index (χ2v) is 6.40. The summed E-state index contributed by atoms with van der Waals surface area (Å²) in [6.07, 6.45) is -1.25. The highest BCUT2D eigenvalue weighted by atomic mass is 19.4. The van der Waals surface area contributed by atoms with Gasteiger partial charge in [-0.15, -0.1) is 0 Å². The highest BCUT2D eigenvalue weighted by Gasteiger charge is 2.27. The van der Waals surface area contributed by atoms with Crippen molar-refractivity contribution in [2.75, 3.05) is 6.61 Å². The van der Waals surface area contributed by atoms with Crippen molar-refractivity contribution in [3.8, 4) is 0 Å². The van der Waals surface area contributed by atoms with Gasteiger partial charge in [-0.05, 0) is 28.8 Å². The molecule has 0 unspecified atom stereocenters. The topological polar surface area (TPSA) is 69.0 Å². The van der Waals surface area contributed by atoms with Crippen LogP contribution in [0.3, 0.4) is 0 Å². The monoisotopic (exact) mass is 404 g/mol. The van der Waals surface area contributed by atoms with Crippen molar-refractivity contribution >= 4 is 5.91 Å². The molecule has 0 aliphatic rings. The summed E-state index contributed by atoms with van der Waals surface area (Å²) < 4.78 is 42.5. The lowest BCUT2D eigenvalue weighted by Gasteiger charge is -2.09. The number of hydrogen-bond donors (Lipinski definition) is 1. The molecular formula is C20H19F3N4O2. The maximum Gasteiger partial charge on any atom is 0.411 e. The van der Waals surface area contributed by atoms with Crippen LogP contribution in [0.15, 0.2) is 61.2 Å². The van der Waals surface area contributed by atoms with Crippen LogP contribution < -0.4 is 5.32 Å². The molecular weight excluding hydrogens is 385 g/mol. The van der Waals surface area contributed by atoms with Crippen LogP contribution in [0.5, 0.6) is 0 Å². The molecule has 1 amide bonds. The van der Waals surface area contributed by atoms with Crippen molar-refractivity contribution in [1.82, 2.24) is 20.1 Å². The van der Waals surface area contributed by atoms with E-state index in [1.165, 1.54) is 6.33 Å². The minimum absolute atomic E-state index is 0.118. The summed E-state index contributed by atoms with van der Waals surface area (Å²) in [5.74, 6) is -0.213. The normalized spacial score (nSPS) is 11.4. The van der Waals surface area contributed by atoms with E-state index in [1.54, 1.807) is 47.4 Å². The number of benzene rings is 2. The summed E-state index contributed by atoms with van der Waals surface area (Å²) >= 11 is 0. The second kappa shape index (κ2) is 9.33. The van der Waals surface area contributed by atoms with Crippen LogP contribution in [0.25, 0.3) is 0 Å². The molecule has 152 valence electrons. The SMILES string of the molecule is O=C(NCc1ccc(COCC(F)(F)F)cc1)c1ccc(Cn2cncn2)cc1. The Hall–Kier alpha value is -3.20. The van der Waals surface area contributed by atoms with E-state index in [-0.39, 0.29) is 12.5 Å². The Morgan fingerprint density at radius 3 is 2.28 bits per heavy atom. The number of hydrogen-bond acceptors (Lipinski definition) is 4. The fraction of sp³-hybridized carbons (Fsp3) is 0.250. The number of aromatic nitrogens is 3. The fourth-order valence-corrected chi connectivity index (χ4v) is 2.59. The number of ether oxygens (including phenoxy) is 1. The molecule has 0 fully saturated rings. The molecule has 2 aromatic carbocycles. The van der Waals surface area contributed by atoms with Crippen molar-refractivity contribution in [3.63, 3.8) is 0 Å². The summed E-state index contributed by atoms with van der Waals surface area (Å²) in [7, 11) is 0. The van der Waals surface area contributed by atoms with Crippen molar-refractivity contribution in [2.45, 2.75) is 25.9 Å². The molecule has 1 heterocycles. The number of carbonyl (C=O) groups is 1. The number of nitrogens with zero attached hydrogens (tertiary/aromatic N) is 3. The van der Waals surface area contributed by atoms with Gasteiger partial charge in [0.1, 0.15) is 19.3 Å². The minimum atomic E-state index is -4.33. The van der Waals surface area contributed by atoms with E-state index < -0.39 is 12.8 Å². The molecule has 0 aliphatic heterocycles. The van der Waals surface area contributed by atoms with Gasteiger partial charge in [0.25, 0.3) is 5.91 Å². The summed E-state index contributed by atoms with van der Waals surface area (Å²) in [5, 5.41) is 6.85. The summed E-state index contributed by atoms with van der Waals surface area (Å²) in [6.45, 7) is -0.514. The molecule has 0 bridgehead atoms. The Balaban J connectivity index is 1.46. The third kappa shape index (κ3) is 6.72. The Bertz CT molecular complexity index is 908. The first-order valence-electron chi connectivity index (χ1n) is 8.81. The molecule has 29 heavy (non-hydrogen) atoms. The standard InChI is InChI=1S/C20H19F3N4O2/c21-20(22,23)12-29-11-17-3-1-15(2-4-17)9-25-19(28)18-7-5-16(6-8-18)10-27-14-24-13-26-27/h1-8,13-14H,9-12H2,(H,25,28). The molecule has 0 saturated carbocycles. The van der Waals surface area contributed by atoms with E-state index in [4.69, 9.17) is 0 Å². The second-order valence-electron chi connectivity index (χ2n) is 6.40. The Labute approximate surface area is 165 Å². The number of carbonyl (C=O) groups excluding carboxylic acids is 1. The highest BCUT2D eigenvalue weighted by Crippen LogP contribution is 2.16. The molecule has 9 heteroatoms. The number of rotatable bonds is 8. The largest absolute Gasteiger partial charge is 0.411 e. The van der Waals surface area contributed by atoms with Gasteiger partial charge in [0.05, 0.1) is 13.2 Å². The predicted molar refractivity (Wildman–Crippen MR) is 98.9 cm³/mol. The summed E-state index contributed by atoms with van der Waals surface area (Å²) in [6, 6.07) is 14.0. The van der Waals surface area contributed by atoms with Crippen molar-refractivity contribution in [2.24, 2.45) is 0 Å². The Morgan fingerprint density at radius 1 is 1.00 bits per heavy atom. The molecule has 0 aliphatic carbocycles. The van der Waals surface area contributed by atoms with Gasteiger partial charge in [0.2, 0.25) is 0 Å². The molecule has 0 radical (unpaired) electrons. The lowest BCUT2D eigenvalue weighted by Crippen LogP contribution is -2.22. The molecule has 6 nitrogen and oxygen atoms in total. The van der Waals surface area contributed by atoms with Crippen molar-refractivity contribution in [3.05, 3.63) is 83.4 Å². The first-order valence-corrected chi connectivity index (χ1v) is 8.81. The van der Waals surface area contributed by atoms with Crippen LogP contribution in [-0.2, 0) is 24.4 Å². The van der Waals surface area contributed by atoms with Gasteiger partial charge >= 0.3 is 6.18 Å². The summed E-state index contributed by atoms with van der Waals surface area (Å²) in [4.78, 5) is 16.2. The van der Waals surface area contributed by atoms with Gasteiger partial charge in [-0.3, -0.25) is 4.79 Å². The van der Waals surface area contributed by atoms with Crippen LogP contribution in [0.2, 0.25) is 0 Å². The van der Waals surface area contributed by atoms with E-state index in [1.807, 2.05) is 12.1 Å². The molecule has 3 aromatic rings. The quantitative estimate of drug-likeness (QED) is 0.625. The first-order chi connectivity index (χ1) is 13.9. The van der Waals surface area contributed by atoms with E-state index in [9.17, 15) is 18.0 Å². The van der Waals surface area contributed by atoms with E-state index >= 15 is 0 Å². The number of nitrogens with one attached hydrogen (secondary N) is 1. The number of amides is 1. The number of halogens is 3. The fourth-order valence-electron chi connectivity index (χ4n) is 2.59. The minimum Gasteiger partial charge on any atom is -0.367 e. The third-order valence-corrected chi connectivity index (χ3v) is 4.04. The Kier molecular flexibility index (Phi) is 6.61. The smallest absolute Gasteiger partial charge is 0.367 e. The maximum atomic E-state index is 12.3. The maximum absolute atomic E-state index is 12.3. The van der Waals surface area contributed by atoms with Crippen molar-refractivity contribution < 1.29 is 22.7 Å². The number of alkyl halides is 3. The van der Waals surface area contributed by atoms with Gasteiger partial charge in [0, 0.05) is 12.1 Å². The molecule has 1 aromatic heterocycles. The third-order valence-electron chi connectivity index (χ3n) is 4.04. The zero-order chi connectivity index (χ0) is 20.7. The predicted octanol–water partition coefficient (Wildman–Crippen LogP) is 3.34. The molecule has 1 N–H and O–H groups in total. The van der Waals surface area contributed by atoms with Gasteiger partial charge in [-0.1, -0.05) is 36.4 Å². The van der Waals surface area contributed by atoms with Gasteiger partial charge in [-0.2, -0.15) is 18.3 Å². The molecule has 0 saturated heterocycles. The zero-order valence-corrected chi connectivity index (χ0v) is 15.4. The van der Waals surface area contributed by atoms with Crippen LogP contribution in [0.1, 0.15) is 27.0 Å². The molecule has 0 spiro atoms. The van der Waals surface area contributed by atoms with Crippen LogP contribution in [0.4, 0.5) is 13.2 Å². The zero-order valence-electron chi connectivity index (χ0n) is 15.4.